The predicted molar refractivity (Wildman–Crippen MR) is 55.9 cm³/mol. The first-order valence-electron chi connectivity index (χ1n) is 5.61. The maximum absolute atomic E-state index is 8.78. The first-order valence-corrected chi connectivity index (χ1v) is 5.61. The summed E-state index contributed by atoms with van der Waals surface area (Å²) in [4.78, 5) is 0. The van der Waals surface area contributed by atoms with Gasteiger partial charge in [-0.2, -0.15) is 5.26 Å². The van der Waals surface area contributed by atoms with Crippen LogP contribution in [0.4, 0.5) is 0 Å². The lowest BCUT2D eigenvalue weighted by atomic mass is 10.2. The highest BCUT2D eigenvalue weighted by Gasteiger charge is 2.15. The monoisotopic (exact) mass is 196 g/mol. The molecule has 0 heterocycles. The van der Waals surface area contributed by atoms with E-state index in [1.54, 1.807) is 0 Å². The Balaban J connectivity index is 2.04. The average Bonchev–Trinajstić information content (AvgIpc) is 2.69. The molecular weight excluding hydrogens is 176 g/mol. The summed E-state index contributed by atoms with van der Waals surface area (Å²) >= 11 is 0. The van der Waals surface area contributed by atoms with E-state index < -0.39 is 0 Å². The normalized spacial score (nSPS) is 19.4. The number of rotatable bonds is 6. The molecule has 1 unspecified atom stereocenters. The summed E-state index contributed by atoms with van der Waals surface area (Å²) in [6, 6.07) is 2.20. The lowest BCUT2D eigenvalue weighted by Crippen LogP contribution is -2.29. The van der Waals surface area contributed by atoms with Crippen LogP contribution in [0.25, 0.3) is 0 Å². The molecule has 0 bridgehead atoms. The van der Waals surface area contributed by atoms with Gasteiger partial charge in [0.15, 0.2) is 0 Å². The molecule has 0 radical (unpaired) electrons. The smallest absolute Gasteiger partial charge is 0.0974 e. The maximum Gasteiger partial charge on any atom is 0.0974 e. The Bertz CT molecular complexity index is 182. The van der Waals surface area contributed by atoms with Crippen LogP contribution in [0.15, 0.2) is 0 Å². The Morgan fingerprint density at radius 1 is 1.50 bits per heavy atom. The van der Waals surface area contributed by atoms with Gasteiger partial charge in [-0.1, -0.05) is 19.8 Å². The van der Waals surface area contributed by atoms with Crippen molar-refractivity contribution in [1.82, 2.24) is 5.32 Å². The van der Waals surface area contributed by atoms with E-state index in [4.69, 9.17) is 10.00 Å². The van der Waals surface area contributed by atoms with Crippen molar-refractivity contribution >= 4 is 0 Å². The number of nitrogens with one attached hydrogen (secondary N) is 1. The predicted octanol–water partition coefficient (Wildman–Crippen LogP) is 1.84. The quantitative estimate of drug-likeness (QED) is 0.705. The minimum Gasteiger partial charge on any atom is -0.378 e. The number of hydrogen-bond acceptors (Lipinski definition) is 3. The van der Waals surface area contributed by atoms with Crippen molar-refractivity contribution in [1.29, 1.82) is 5.26 Å². The lowest BCUT2D eigenvalue weighted by molar-refractivity contribution is 0.0545. The summed E-state index contributed by atoms with van der Waals surface area (Å²) in [6.45, 7) is 3.58. The van der Waals surface area contributed by atoms with Gasteiger partial charge in [0.2, 0.25) is 0 Å². The van der Waals surface area contributed by atoms with Crippen LogP contribution in [0, 0.1) is 11.3 Å². The highest BCUT2D eigenvalue weighted by Crippen LogP contribution is 2.20. The van der Waals surface area contributed by atoms with Gasteiger partial charge in [0, 0.05) is 6.61 Å². The van der Waals surface area contributed by atoms with Gasteiger partial charge >= 0.3 is 0 Å². The fraction of sp³-hybridized carbons (Fsp3) is 0.909. The number of nitriles is 1. The van der Waals surface area contributed by atoms with E-state index in [1.807, 2.05) is 6.92 Å². The van der Waals surface area contributed by atoms with E-state index in [2.05, 4.69) is 11.4 Å². The zero-order valence-electron chi connectivity index (χ0n) is 8.96. The molecule has 1 rings (SSSR count). The summed E-state index contributed by atoms with van der Waals surface area (Å²) in [5.41, 5.74) is 0. The zero-order valence-corrected chi connectivity index (χ0v) is 8.96. The van der Waals surface area contributed by atoms with Crippen molar-refractivity contribution in [3.05, 3.63) is 0 Å². The van der Waals surface area contributed by atoms with Crippen LogP contribution in [0.5, 0.6) is 0 Å². The number of ether oxygens (including phenoxy) is 1. The zero-order chi connectivity index (χ0) is 10.2. The Labute approximate surface area is 86.4 Å². The van der Waals surface area contributed by atoms with Gasteiger partial charge in [0.25, 0.3) is 0 Å². The first-order chi connectivity index (χ1) is 6.86. The van der Waals surface area contributed by atoms with Crippen LogP contribution in [0.2, 0.25) is 0 Å². The molecule has 0 spiro atoms. The van der Waals surface area contributed by atoms with Crippen molar-refractivity contribution < 1.29 is 4.74 Å². The van der Waals surface area contributed by atoms with Gasteiger partial charge in [-0.3, -0.25) is 0 Å². The van der Waals surface area contributed by atoms with Crippen LogP contribution in [0.3, 0.4) is 0 Å². The van der Waals surface area contributed by atoms with Gasteiger partial charge in [-0.25, -0.2) is 0 Å². The molecule has 0 aliphatic heterocycles. The SMILES string of the molecule is CCNC(C#N)CCOC1CCCC1. The molecule has 0 aromatic rings. The van der Waals surface area contributed by atoms with Crippen LogP contribution >= 0.6 is 0 Å². The molecule has 0 saturated heterocycles. The summed E-state index contributed by atoms with van der Waals surface area (Å²) in [6.07, 6.45) is 6.30. The lowest BCUT2D eigenvalue weighted by Gasteiger charge is -2.13. The van der Waals surface area contributed by atoms with Crippen LogP contribution in [-0.4, -0.2) is 25.3 Å². The maximum atomic E-state index is 8.78. The largest absolute Gasteiger partial charge is 0.378 e. The molecule has 0 amide bonds. The van der Waals surface area contributed by atoms with Crippen LogP contribution in [-0.2, 0) is 4.74 Å². The minimum atomic E-state index is -0.0404. The van der Waals surface area contributed by atoms with Crippen molar-refractivity contribution in [3.63, 3.8) is 0 Å². The van der Waals surface area contributed by atoms with E-state index in [1.165, 1.54) is 25.7 Å². The van der Waals surface area contributed by atoms with Crippen molar-refractivity contribution in [2.24, 2.45) is 0 Å². The van der Waals surface area contributed by atoms with Gasteiger partial charge in [0.05, 0.1) is 18.2 Å². The molecule has 1 saturated carbocycles. The fourth-order valence-electron chi connectivity index (χ4n) is 1.87. The Morgan fingerprint density at radius 3 is 2.79 bits per heavy atom. The summed E-state index contributed by atoms with van der Waals surface area (Å²) in [5, 5.41) is 11.9. The standard InChI is InChI=1S/C11H20N2O/c1-2-13-10(9-12)7-8-14-11-5-3-4-6-11/h10-11,13H,2-8H2,1H3. The third-order valence-electron chi connectivity index (χ3n) is 2.67. The summed E-state index contributed by atoms with van der Waals surface area (Å²) in [5.74, 6) is 0. The van der Waals surface area contributed by atoms with Crippen LogP contribution < -0.4 is 5.32 Å². The molecule has 14 heavy (non-hydrogen) atoms. The van der Waals surface area contributed by atoms with Crippen molar-refractivity contribution in [3.8, 4) is 6.07 Å². The molecule has 3 heteroatoms. The number of nitrogens with zero attached hydrogens (tertiary/aromatic N) is 1. The topological polar surface area (TPSA) is 45.0 Å². The van der Waals surface area contributed by atoms with Gasteiger partial charge in [-0.15, -0.1) is 0 Å². The average molecular weight is 196 g/mol. The number of hydrogen-bond donors (Lipinski definition) is 1. The van der Waals surface area contributed by atoms with E-state index in [-0.39, 0.29) is 6.04 Å². The highest BCUT2D eigenvalue weighted by molar-refractivity contribution is 4.89. The van der Waals surface area contributed by atoms with E-state index in [9.17, 15) is 0 Å². The molecule has 1 atom stereocenters. The minimum absolute atomic E-state index is 0.0404. The molecule has 0 aromatic carbocycles. The molecule has 1 aliphatic carbocycles. The second kappa shape index (κ2) is 6.80. The third kappa shape index (κ3) is 4.08. The Morgan fingerprint density at radius 2 is 2.21 bits per heavy atom. The molecule has 3 nitrogen and oxygen atoms in total. The molecule has 0 aromatic heterocycles. The first kappa shape index (κ1) is 11.5. The van der Waals surface area contributed by atoms with Crippen LogP contribution in [0.1, 0.15) is 39.0 Å². The second-order valence-corrected chi connectivity index (χ2v) is 3.81. The molecule has 1 N–H and O–H groups in total. The van der Waals surface area contributed by atoms with E-state index in [0.29, 0.717) is 6.10 Å². The Kier molecular flexibility index (Phi) is 5.58. The molecule has 1 aliphatic rings. The van der Waals surface area contributed by atoms with Gasteiger partial charge in [-0.05, 0) is 25.8 Å². The van der Waals surface area contributed by atoms with Crippen molar-refractivity contribution in [2.75, 3.05) is 13.2 Å². The fourth-order valence-corrected chi connectivity index (χ4v) is 1.87. The Hall–Kier alpha value is -0.590. The highest BCUT2D eigenvalue weighted by atomic mass is 16.5. The molecular formula is C11H20N2O. The molecule has 1 fully saturated rings. The summed E-state index contributed by atoms with van der Waals surface area (Å²) in [7, 11) is 0. The van der Waals surface area contributed by atoms with Crippen molar-refractivity contribution in [2.45, 2.75) is 51.2 Å². The summed E-state index contributed by atoms with van der Waals surface area (Å²) < 4.78 is 5.69. The third-order valence-corrected chi connectivity index (χ3v) is 2.67. The van der Waals surface area contributed by atoms with Gasteiger partial charge < -0.3 is 10.1 Å². The van der Waals surface area contributed by atoms with Gasteiger partial charge in [0.1, 0.15) is 0 Å². The van der Waals surface area contributed by atoms with E-state index in [0.717, 1.165) is 19.6 Å². The van der Waals surface area contributed by atoms with E-state index >= 15 is 0 Å². The molecule has 80 valence electrons. The second-order valence-electron chi connectivity index (χ2n) is 3.81.